The maximum atomic E-state index is 13.2. The average Bonchev–Trinajstić information content (AvgIpc) is 2.90. The highest BCUT2D eigenvalue weighted by Gasteiger charge is 2.31. The molecule has 110 valence electrons. The minimum absolute atomic E-state index is 0.150. The summed E-state index contributed by atoms with van der Waals surface area (Å²) in [5.74, 6) is -0.252. The van der Waals surface area contributed by atoms with Crippen LogP contribution in [0.25, 0.3) is 0 Å². The molecule has 0 aliphatic carbocycles. The van der Waals surface area contributed by atoms with Crippen molar-refractivity contribution in [3.8, 4) is 0 Å². The number of carbonyl (C=O) groups excluding carboxylic acids is 1. The Bertz CT molecular complexity index is 533. The smallest absolute Gasteiger partial charge is 0.276 e. The summed E-state index contributed by atoms with van der Waals surface area (Å²) >= 11 is 6.34. The van der Waals surface area contributed by atoms with Crippen LogP contribution in [0.3, 0.4) is 0 Å². The SMILES string of the molecule is CN1CCCn2nc(C(=O)N3CCC(F)C3)c(Cl)c2C1. The molecular formula is C13H18ClFN4O. The van der Waals surface area contributed by atoms with E-state index in [1.54, 1.807) is 0 Å². The number of carbonyl (C=O) groups is 1. The summed E-state index contributed by atoms with van der Waals surface area (Å²) < 4.78 is 15.0. The van der Waals surface area contributed by atoms with E-state index < -0.39 is 6.17 Å². The van der Waals surface area contributed by atoms with Gasteiger partial charge in [-0.05, 0) is 19.9 Å². The van der Waals surface area contributed by atoms with E-state index in [0.717, 1.165) is 25.2 Å². The first-order valence-electron chi connectivity index (χ1n) is 6.93. The number of halogens is 2. The number of alkyl halides is 1. The predicted octanol–water partition coefficient (Wildman–Crippen LogP) is 1.56. The molecule has 1 saturated heterocycles. The summed E-state index contributed by atoms with van der Waals surface area (Å²) in [6.07, 6.45) is 0.453. The van der Waals surface area contributed by atoms with E-state index in [9.17, 15) is 9.18 Å². The van der Waals surface area contributed by atoms with Crippen LogP contribution in [0.5, 0.6) is 0 Å². The van der Waals surface area contributed by atoms with Crippen LogP contribution in [0.4, 0.5) is 4.39 Å². The van der Waals surface area contributed by atoms with Gasteiger partial charge in [0.05, 0.1) is 17.3 Å². The maximum absolute atomic E-state index is 13.2. The highest BCUT2D eigenvalue weighted by molar-refractivity contribution is 6.34. The Hall–Kier alpha value is -1.14. The van der Waals surface area contributed by atoms with Gasteiger partial charge in [0, 0.05) is 26.2 Å². The van der Waals surface area contributed by atoms with Crippen molar-refractivity contribution >= 4 is 17.5 Å². The number of aromatic nitrogens is 2. The summed E-state index contributed by atoms with van der Waals surface area (Å²) in [6.45, 7) is 3.03. The second-order valence-electron chi connectivity index (χ2n) is 5.56. The number of hydrogen-bond donors (Lipinski definition) is 0. The molecule has 7 heteroatoms. The fraction of sp³-hybridized carbons (Fsp3) is 0.692. The largest absolute Gasteiger partial charge is 0.334 e. The molecule has 0 radical (unpaired) electrons. The molecule has 1 fully saturated rings. The lowest BCUT2D eigenvalue weighted by molar-refractivity contribution is 0.0776. The van der Waals surface area contributed by atoms with E-state index in [0.29, 0.717) is 24.5 Å². The van der Waals surface area contributed by atoms with Gasteiger partial charge in [0.25, 0.3) is 5.91 Å². The monoisotopic (exact) mass is 300 g/mol. The first kappa shape index (κ1) is 13.8. The Morgan fingerprint density at radius 1 is 1.40 bits per heavy atom. The number of hydrogen-bond acceptors (Lipinski definition) is 3. The molecular weight excluding hydrogens is 283 g/mol. The lowest BCUT2D eigenvalue weighted by atomic mass is 10.3. The summed E-state index contributed by atoms with van der Waals surface area (Å²) in [7, 11) is 2.02. The third-order valence-corrected chi connectivity index (χ3v) is 4.34. The van der Waals surface area contributed by atoms with Crippen LogP contribution in [-0.4, -0.2) is 58.3 Å². The molecule has 3 rings (SSSR count). The van der Waals surface area contributed by atoms with E-state index >= 15 is 0 Å². The fourth-order valence-electron chi connectivity index (χ4n) is 2.82. The van der Waals surface area contributed by atoms with Crippen LogP contribution in [0, 0.1) is 0 Å². The molecule has 0 bridgehead atoms. The number of fused-ring (bicyclic) bond motifs is 1. The van der Waals surface area contributed by atoms with Crippen LogP contribution >= 0.6 is 11.6 Å². The van der Waals surface area contributed by atoms with E-state index in [2.05, 4.69) is 10.00 Å². The van der Waals surface area contributed by atoms with Crippen LogP contribution in [0.15, 0.2) is 0 Å². The minimum Gasteiger partial charge on any atom is -0.334 e. The van der Waals surface area contributed by atoms with Crippen LogP contribution in [0.2, 0.25) is 5.02 Å². The molecule has 2 aliphatic heterocycles. The molecule has 1 aromatic heterocycles. The molecule has 1 amide bonds. The number of amides is 1. The summed E-state index contributed by atoms with van der Waals surface area (Å²) in [5.41, 5.74) is 1.15. The zero-order valence-corrected chi connectivity index (χ0v) is 12.2. The molecule has 5 nitrogen and oxygen atoms in total. The molecule has 0 aromatic carbocycles. The number of rotatable bonds is 1. The summed E-state index contributed by atoms with van der Waals surface area (Å²) in [5, 5.41) is 4.78. The third-order valence-electron chi connectivity index (χ3n) is 3.94. The van der Waals surface area contributed by atoms with E-state index in [-0.39, 0.29) is 18.1 Å². The van der Waals surface area contributed by atoms with Gasteiger partial charge in [-0.15, -0.1) is 0 Å². The molecule has 0 saturated carbocycles. The highest BCUT2D eigenvalue weighted by atomic mass is 35.5. The summed E-state index contributed by atoms with van der Waals surface area (Å²) in [6, 6.07) is 0. The van der Waals surface area contributed by atoms with Crippen molar-refractivity contribution in [1.82, 2.24) is 19.6 Å². The highest BCUT2D eigenvalue weighted by Crippen LogP contribution is 2.26. The number of aryl methyl sites for hydroxylation is 1. The van der Waals surface area contributed by atoms with Crippen molar-refractivity contribution in [2.45, 2.75) is 32.1 Å². The lowest BCUT2D eigenvalue weighted by Gasteiger charge is -2.14. The first-order valence-corrected chi connectivity index (χ1v) is 7.31. The van der Waals surface area contributed by atoms with E-state index in [1.807, 2.05) is 11.7 Å². The Morgan fingerprint density at radius 3 is 2.90 bits per heavy atom. The Kier molecular flexibility index (Phi) is 3.69. The van der Waals surface area contributed by atoms with Gasteiger partial charge in [0.2, 0.25) is 0 Å². The average molecular weight is 301 g/mol. The third kappa shape index (κ3) is 2.42. The van der Waals surface area contributed by atoms with Gasteiger partial charge in [-0.2, -0.15) is 5.10 Å². The van der Waals surface area contributed by atoms with E-state index in [1.165, 1.54) is 4.90 Å². The normalized spacial score (nSPS) is 23.8. The molecule has 0 N–H and O–H groups in total. The van der Waals surface area contributed by atoms with Gasteiger partial charge in [-0.1, -0.05) is 11.6 Å². The zero-order valence-electron chi connectivity index (χ0n) is 11.5. The van der Waals surface area contributed by atoms with Crippen LogP contribution in [-0.2, 0) is 13.1 Å². The first-order chi connectivity index (χ1) is 9.56. The second kappa shape index (κ2) is 5.33. The number of nitrogens with zero attached hydrogens (tertiary/aromatic N) is 4. The standard InChI is InChI=1S/C13H18ClFN4O/c1-17-4-2-5-19-10(8-17)11(14)12(16-19)13(20)18-6-3-9(15)7-18/h9H,2-8H2,1H3. The number of likely N-dealkylation sites (tertiary alicyclic amines) is 1. The quantitative estimate of drug-likeness (QED) is 0.790. The molecule has 2 aliphatic rings. The maximum Gasteiger partial charge on any atom is 0.276 e. The van der Waals surface area contributed by atoms with Gasteiger partial charge >= 0.3 is 0 Å². The summed E-state index contributed by atoms with van der Waals surface area (Å²) in [4.78, 5) is 16.0. The van der Waals surface area contributed by atoms with Crippen LogP contribution < -0.4 is 0 Å². The molecule has 0 spiro atoms. The van der Waals surface area contributed by atoms with Gasteiger partial charge in [-0.25, -0.2) is 4.39 Å². The molecule has 1 atom stereocenters. The van der Waals surface area contributed by atoms with Gasteiger partial charge in [0.15, 0.2) is 5.69 Å². The van der Waals surface area contributed by atoms with Crippen molar-refractivity contribution in [2.24, 2.45) is 0 Å². The molecule has 1 unspecified atom stereocenters. The lowest BCUT2D eigenvalue weighted by Crippen LogP contribution is -2.29. The predicted molar refractivity (Wildman–Crippen MR) is 73.6 cm³/mol. The Balaban J connectivity index is 1.88. The van der Waals surface area contributed by atoms with Gasteiger partial charge in [0.1, 0.15) is 6.17 Å². The van der Waals surface area contributed by atoms with Gasteiger partial charge in [-0.3, -0.25) is 9.48 Å². The Morgan fingerprint density at radius 2 is 2.20 bits per heavy atom. The molecule has 20 heavy (non-hydrogen) atoms. The van der Waals surface area contributed by atoms with Crippen molar-refractivity contribution in [3.63, 3.8) is 0 Å². The topological polar surface area (TPSA) is 41.4 Å². The van der Waals surface area contributed by atoms with Crippen molar-refractivity contribution < 1.29 is 9.18 Å². The van der Waals surface area contributed by atoms with Crippen molar-refractivity contribution in [2.75, 3.05) is 26.7 Å². The van der Waals surface area contributed by atoms with Crippen molar-refractivity contribution in [3.05, 3.63) is 16.4 Å². The van der Waals surface area contributed by atoms with E-state index in [4.69, 9.17) is 11.6 Å². The Labute approximate surface area is 122 Å². The van der Waals surface area contributed by atoms with Crippen LogP contribution in [0.1, 0.15) is 29.0 Å². The molecule has 1 aromatic rings. The van der Waals surface area contributed by atoms with Gasteiger partial charge < -0.3 is 9.80 Å². The second-order valence-corrected chi connectivity index (χ2v) is 5.94. The molecule has 3 heterocycles. The fourth-order valence-corrected chi connectivity index (χ4v) is 3.10. The minimum atomic E-state index is -0.927. The van der Waals surface area contributed by atoms with Crippen molar-refractivity contribution in [1.29, 1.82) is 0 Å². The zero-order chi connectivity index (χ0) is 14.3.